The fraction of sp³-hybridized carbons (Fsp3) is 1.00. The number of piperidine rings is 1. The van der Waals surface area contributed by atoms with Gasteiger partial charge in [0.05, 0.1) is 0 Å². The highest BCUT2D eigenvalue weighted by Crippen LogP contribution is 2.23. The number of nitrogens with zero attached hydrogens (tertiary/aromatic N) is 1. The van der Waals surface area contributed by atoms with Gasteiger partial charge in [-0.15, -0.1) is 0 Å². The van der Waals surface area contributed by atoms with E-state index in [1.165, 1.54) is 45.3 Å². The van der Waals surface area contributed by atoms with Gasteiger partial charge >= 0.3 is 0 Å². The largest absolute Gasteiger partial charge is 0.320 e. The zero-order chi connectivity index (χ0) is 12.0. The summed E-state index contributed by atoms with van der Waals surface area (Å²) >= 11 is 0. The lowest BCUT2D eigenvalue weighted by Gasteiger charge is -2.36. The SMILES string of the molecule is CNCCC1CCN(C(C)CC(C)C)CC1. The molecule has 1 atom stereocenters. The molecule has 1 rings (SSSR count). The molecule has 0 spiro atoms. The van der Waals surface area contributed by atoms with Crippen LogP contribution in [-0.4, -0.2) is 37.6 Å². The Hall–Kier alpha value is -0.0800. The Kier molecular flexibility index (Phi) is 6.37. The summed E-state index contributed by atoms with van der Waals surface area (Å²) in [5.74, 6) is 1.80. The summed E-state index contributed by atoms with van der Waals surface area (Å²) in [6.45, 7) is 10.9. The molecule has 0 aromatic rings. The summed E-state index contributed by atoms with van der Waals surface area (Å²) in [5, 5.41) is 3.26. The first-order valence-corrected chi connectivity index (χ1v) is 7.02. The van der Waals surface area contributed by atoms with Crippen LogP contribution in [0.25, 0.3) is 0 Å². The van der Waals surface area contributed by atoms with E-state index in [9.17, 15) is 0 Å². The zero-order valence-corrected chi connectivity index (χ0v) is 11.6. The van der Waals surface area contributed by atoms with Crippen molar-refractivity contribution in [1.29, 1.82) is 0 Å². The molecule has 1 aliphatic heterocycles. The number of hydrogen-bond acceptors (Lipinski definition) is 2. The summed E-state index contributed by atoms with van der Waals surface area (Å²) in [4.78, 5) is 2.69. The van der Waals surface area contributed by atoms with Crippen LogP contribution in [0.15, 0.2) is 0 Å². The summed E-state index contributed by atoms with van der Waals surface area (Å²) in [6.07, 6.45) is 5.53. The summed E-state index contributed by atoms with van der Waals surface area (Å²) in [6, 6.07) is 0.783. The molecule has 1 aliphatic rings. The van der Waals surface area contributed by atoms with Crippen molar-refractivity contribution in [3.63, 3.8) is 0 Å². The summed E-state index contributed by atoms with van der Waals surface area (Å²) < 4.78 is 0. The van der Waals surface area contributed by atoms with Gasteiger partial charge in [0.2, 0.25) is 0 Å². The van der Waals surface area contributed by atoms with Crippen LogP contribution in [0.2, 0.25) is 0 Å². The first-order valence-electron chi connectivity index (χ1n) is 7.02. The first kappa shape index (κ1) is 14.0. The highest BCUT2D eigenvalue weighted by molar-refractivity contribution is 4.77. The van der Waals surface area contributed by atoms with E-state index in [2.05, 4.69) is 38.0 Å². The first-order chi connectivity index (χ1) is 7.63. The molecule has 96 valence electrons. The molecular formula is C14H30N2. The van der Waals surface area contributed by atoms with E-state index in [0.717, 1.165) is 17.9 Å². The second-order valence-electron chi connectivity index (χ2n) is 5.85. The quantitative estimate of drug-likeness (QED) is 0.749. The van der Waals surface area contributed by atoms with Crippen molar-refractivity contribution in [1.82, 2.24) is 10.2 Å². The lowest BCUT2D eigenvalue weighted by Crippen LogP contribution is -2.40. The Morgan fingerprint density at radius 3 is 2.31 bits per heavy atom. The predicted octanol–water partition coefficient (Wildman–Crippen LogP) is 2.74. The molecule has 1 saturated heterocycles. The van der Waals surface area contributed by atoms with Gasteiger partial charge in [-0.05, 0) is 71.1 Å². The van der Waals surface area contributed by atoms with E-state index in [1.807, 2.05) is 0 Å². The lowest BCUT2D eigenvalue weighted by atomic mass is 9.92. The Morgan fingerprint density at radius 1 is 1.19 bits per heavy atom. The Balaban J connectivity index is 2.20. The minimum atomic E-state index is 0.783. The van der Waals surface area contributed by atoms with Crippen molar-refractivity contribution < 1.29 is 0 Å². The zero-order valence-electron chi connectivity index (χ0n) is 11.6. The number of hydrogen-bond donors (Lipinski definition) is 1. The van der Waals surface area contributed by atoms with Crippen LogP contribution in [-0.2, 0) is 0 Å². The van der Waals surface area contributed by atoms with Crippen LogP contribution >= 0.6 is 0 Å². The maximum Gasteiger partial charge on any atom is 0.00693 e. The molecule has 1 N–H and O–H groups in total. The maximum absolute atomic E-state index is 3.26. The normalized spacial score (nSPS) is 21.6. The molecular weight excluding hydrogens is 196 g/mol. The van der Waals surface area contributed by atoms with Crippen LogP contribution in [0.5, 0.6) is 0 Å². The molecule has 0 aromatic heterocycles. The monoisotopic (exact) mass is 226 g/mol. The van der Waals surface area contributed by atoms with Crippen molar-refractivity contribution in [2.75, 3.05) is 26.7 Å². The van der Waals surface area contributed by atoms with Gasteiger partial charge < -0.3 is 10.2 Å². The number of rotatable bonds is 6. The van der Waals surface area contributed by atoms with Crippen molar-refractivity contribution in [3.8, 4) is 0 Å². The van der Waals surface area contributed by atoms with Gasteiger partial charge in [-0.1, -0.05) is 13.8 Å². The maximum atomic E-state index is 3.26. The topological polar surface area (TPSA) is 15.3 Å². The van der Waals surface area contributed by atoms with Gasteiger partial charge in [0.1, 0.15) is 0 Å². The molecule has 1 fully saturated rings. The number of nitrogens with one attached hydrogen (secondary N) is 1. The van der Waals surface area contributed by atoms with Gasteiger partial charge in [-0.2, -0.15) is 0 Å². The minimum Gasteiger partial charge on any atom is -0.320 e. The highest BCUT2D eigenvalue weighted by atomic mass is 15.2. The van der Waals surface area contributed by atoms with Gasteiger partial charge in [-0.3, -0.25) is 0 Å². The van der Waals surface area contributed by atoms with Gasteiger partial charge in [0.25, 0.3) is 0 Å². The van der Waals surface area contributed by atoms with Crippen LogP contribution in [0, 0.1) is 11.8 Å². The molecule has 0 aliphatic carbocycles. The van der Waals surface area contributed by atoms with Crippen LogP contribution in [0.1, 0.15) is 46.5 Å². The molecule has 0 radical (unpaired) electrons. The van der Waals surface area contributed by atoms with Crippen LogP contribution < -0.4 is 5.32 Å². The predicted molar refractivity (Wildman–Crippen MR) is 71.8 cm³/mol. The van der Waals surface area contributed by atoms with Crippen LogP contribution in [0.4, 0.5) is 0 Å². The van der Waals surface area contributed by atoms with Crippen molar-refractivity contribution >= 4 is 0 Å². The van der Waals surface area contributed by atoms with Gasteiger partial charge in [-0.25, -0.2) is 0 Å². The van der Waals surface area contributed by atoms with Gasteiger partial charge in [0.15, 0.2) is 0 Å². The van der Waals surface area contributed by atoms with Crippen molar-refractivity contribution in [2.24, 2.45) is 11.8 Å². The third-order valence-electron chi connectivity index (χ3n) is 3.89. The molecule has 2 heteroatoms. The van der Waals surface area contributed by atoms with E-state index in [-0.39, 0.29) is 0 Å². The molecule has 1 heterocycles. The smallest absolute Gasteiger partial charge is 0.00693 e. The molecule has 1 unspecified atom stereocenters. The average molecular weight is 226 g/mol. The standard InChI is InChI=1S/C14H30N2/c1-12(2)11-13(3)16-9-6-14(7-10-16)5-8-15-4/h12-15H,5-11H2,1-4H3. The average Bonchev–Trinajstić information content (AvgIpc) is 2.26. The van der Waals surface area contributed by atoms with Crippen molar-refractivity contribution in [3.05, 3.63) is 0 Å². The molecule has 16 heavy (non-hydrogen) atoms. The molecule has 0 bridgehead atoms. The third kappa shape index (κ3) is 4.84. The van der Waals surface area contributed by atoms with E-state index >= 15 is 0 Å². The summed E-state index contributed by atoms with van der Waals surface area (Å²) in [7, 11) is 2.06. The molecule has 0 saturated carbocycles. The second kappa shape index (κ2) is 7.29. The van der Waals surface area contributed by atoms with E-state index in [1.54, 1.807) is 0 Å². The molecule has 0 amide bonds. The Bertz CT molecular complexity index is 172. The highest BCUT2D eigenvalue weighted by Gasteiger charge is 2.22. The summed E-state index contributed by atoms with van der Waals surface area (Å²) in [5.41, 5.74) is 0. The molecule has 2 nitrogen and oxygen atoms in total. The Labute approximate surface area is 102 Å². The third-order valence-corrected chi connectivity index (χ3v) is 3.89. The van der Waals surface area contributed by atoms with E-state index in [4.69, 9.17) is 0 Å². The second-order valence-corrected chi connectivity index (χ2v) is 5.85. The Morgan fingerprint density at radius 2 is 1.81 bits per heavy atom. The minimum absolute atomic E-state index is 0.783. The lowest BCUT2D eigenvalue weighted by molar-refractivity contribution is 0.124. The van der Waals surface area contributed by atoms with Crippen LogP contribution in [0.3, 0.4) is 0 Å². The van der Waals surface area contributed by atoms with Gasteiger partial charge in [0, 0.05) is 6.04 Å². The molecule has 0 aromatic carbocycles. The fourth-order valence-electron chi connectivity index (χ4n) is 2.86. The van der Waals surface area contributed by atoms with E-state index < -0.39 is 0 Å². The fourth-order valence-corrected chi connectivity index (χ4v) is 2.86. The van der Waals surface area contributed by atoms with E-state index in [0.29, 0.717) is 0 Å². The number of likely N-dealkylation sites (tertiary alicyclic amines) is 1. The van der Waals surface area contributed by atoms with Crippen molar-refractivity contribution in [2.45, 2.75) is 52.5 Å².